The molecule has 1 aliphatic carbocycles. The Labute approximate surface area is 62.4 Å². The fraction of sp³-hybridized carbons (Fsp3) is 0.556. The van der Waals surface area contributed by atoms with Crippen molar-refractivity contribution < 1.29 is 4.74 Å². The molecule has 0 unspecified atom stereocenters. The van der Waals surface area contributed by atoms with E-state index in [-0.39, 0.29) is 0 Å². The summed E-state index contributed by atoms with van der Waals surface area (Å²) in [4.78, 5) is 0. The molecular weight excluding hydrogens is 124 g/mol. The van der Waals surface area contributed by atoms with Gasteiger partial charge in [0.2, 0.25) is 0 Å². The van der Waals surface area contributed by atoms with Crippen molar-refractivity contribution in [2.45, 2.75) is 19.3 Å². The minimum atomic E-state index is 0.770. The normalized spacial score (nSPS) is 16.5. The highest BCUT2D eigenvalue weighted by molar-refractivity contribution is 5.13. The molecule has 1 aliphatic rings. The average molecular weight is 138 g/mol. The van der Waals surface area contributed by atoms with Crippen LogP contribution >= 0.6 is 0 Å². The van der Waals surface area contributed by atoms with Gasteiger partial charge in [0.1, 0.15) is 0 Å². The lowest BCUT2D eigenvalue weighted by molar-refractivity contribution is 0.284. The molecule has 56 valence electrons. The molecule has 0 bridgehead atoms. The molecule has 0 amide bonds. The molecule has 0 heterocycles. The molecule has 1 nitrogen and oxygen atoms in total. The van der Waals surface area contributed by atoms with Crippen LogP contribution in [0, 0.1) is 5.92 Å². The lowest BCUT2D eigenvalue weighted by Crippen LogP contribution is -1.89. The molecule has 10 heavy (non-hydrogen) atoms. The molecule has 0 aliphatic heterocycles. The van der Waals surface area contributed by atoms with Crippen molar-refractivity contribution in [3.8, 4) is 0 Å². The number of hydrogen-bond donors (Lipinski definition) is 0. The SMILES string of the molecule is C=C(CC(=C)C1CC1)OC. The Balaban J connectivity index is 2.23. The first kappa shape index (κ1) is 7.39. The molecule has 0 atom stereocenters. The maximum atomic E-state index is 4.94. The molecule has 0 spiro atoms. The molecule has 1 fully saturated rings. The summed E-state index contributed by atoms with van der Waals surface area (Å²) < 4.78 is 4.94. The summed E-state index contributed by atoms with van der Waals surface area (Å²) in [5, 5.41) is 0. The van der Waals surface area contributed by atoms with Gasteiger partial charge in [0.25, 0.3) is 0 Å². The van der Waals surface area contributed by atoms with Crippen LogP contribution in [0.4, 0.5) is 0 Å². The quantitative estimate of drug-likeness (QED) is 0.428. The summed E-state index contributed by atoms with van der Waals surface area (Å²) in [5.74, 6) is 1.60. The van der Waals surface area contributed by atoms with Crippen molar-refractivity contribution in [2.24, 2.45) is 5.92 Å². The molecule has 1 heteroatoms. The van der Waals surface area contributed by atoms with E-state index >= 15 is 0 Å². The average Bonchev–Trinajstić information content (AvgIpc) is 2.68. The van der Waals surface area contributed by atoms with Crippen molar-refractivity contribution in [3.05, 3.63) is 24.5 Å². The number of allylic oxidation sites excluding steroid dienone is 1. The highest BCUT2D eigenvalue weighted by atomic mass is 16.5. The van der Waals surface area contributed by atoms with Crippen LogP contribution in [0.1, 0.15) is 19.3 Å². The van der Waals surface area contributed by atoms with Crippen LogP contribution in [0.5, 0.6) is 0 Å². The fourth-order valence-corrected chi connectivity index (χ4v) is 0.961. The van der Waals surface area contributed by atoms with Crippen molar-refractivity contribution >= 4 is 0 Å². The first-order chi connectivity index (χ1) is 4.74. The van der Waals surface area contributed by atoms with Gasteiger partial charge >= 0.3 is 0 Å². The Morgan fingerprint density at radius 1 is 1.50 bits per heavy atom. The molecule has 0 aromatic rings. The van der Waals surface area contributed by atoms with Gasteiger partial charge in [0, 0.05) is 6.42 Å². The van der Waals surface area contributed by atoms with Crippen LogP contribution in [0.15, 0.2) is 24.5 Å². The zero-order valence-electron chi connectivity index (χ0n) is 6.52. The van der Waals surface area contributed by atoms with Gasteiger partial charge < -0.3 is 4.74 Å². The number of hydrogen-bond acceptors (Lipinski definition) is 1. The maximum absolute atomic E-state index is 4.94. The zero-order chi connectivity index (χ0) is 7.56. The van der Waals surface area contributed by atoms with E-state index in [0.29, 0.717) is 0 Å². The minimum Gasteiger partial charge on any atom is -0.501 e. The summed E-state index contributed by atoms with van der Waals surface area (Å²) in [6.45, 7) is 7.70. The second kappa shape index (κ2) is 2.91. The zero-order valence-corrected chi connectivity index (χ0v) is 6.52. The van der Waals surface area contributed by atoms with Crippen molar-refractivity contribution in [1.29, 1.82) is 0 Å². The minimum absolute atomic E-state index is 0.770. The van der Waals surface area contributed by atoms with Crippen LogP contribution in [0.25, 0.3) is 0 Å². The lowest BCUT2D eigenvalue weighted by atomic mass is 10.1. The Kier molecular flexibility index (Phi) is 2.15. The Hall–Kier alpha value is -0.720. The van der Waals surface area contributed by atoms with Crippen LogP contribution < -0.4 is 0 Å². The van der Waals surface area contributed by atoms with Crippen molar-refractivity contribution in [3.63, 3.8) is 0 Å². The van der Waals surface area contributed by atoms with E-state index in [4.69, 9.17) is 4.74 Å². The second-order valence-corrected chi connectivity index (χ2v) is 2.85. The van der Waals surface area contributed by atoms with E-state index in [1.54, 1.807) is 7.11 Å². The van der Waals surface area contributed by atoms with Crippen LogP contribution in [-0.4, -0.2) is 7.11 Å². The summed E-state index contributed by atoms with van der Waals surface area (Å²) in [5.41, 5.74) is 1.28. The molecular formula is C9H14O. The van der Waals surface area contributed by atoms with E-state index < -0.39 is 0 Å². The Bertz CT molecular complexity index is 154. The van der Waals surface area contributed by atoms with Crippen LogP contribution in [0.3, 0.4) is 0 Å². The van der Waals surface area contributed by atoms with Crippen molar-refractivity contribution in [1.82, 2.24) is 0 Å². The first-order valence-corrected chi connectivity index (χ1v) is 3.63. The van der Waals surface area contributed by atoms with Gasteiger partial charge in [0.05, 0.1) is 12.9 Å². The highest BCUT2D eigenvalue weighted by Gasteiger charge is 2.24. The Morgan fingerprint density at radius 2 is 2.10 bits per heavy atom. The van der Waals surface area contributed by atoms with E-state index in [2.05, 4.69) is 13.2 Å². The summed E-state index contributed by atoms with van der Waals surface area (Å²) in [6.07, 6.45) is 3.48. The Morgan fingerprint density at radius 3 is 2.50 bits per heavy atom. The van der Waals surface area contributed by atoms with Gasteiger partial charge in [0.15, 0.2) is 0 Å². The maximum Gasteiger partial charge on any atom is 0.0924 e. The van der Waals surface area contributed by atoms with E-state index in [0.717, 1.165) is 18.1 Å². The first-order valence-electron chi connectivity index (χ1n) is 3.63. The summed E-state index contributed by atoms with van der Waals surface area (Å²) in [7, 11) is 1.66. The van der Waals surface area contributed by atoms with E-state index in [9.17, 15) is 0 Å². The number of methoxy groups -OCH3 is 1. The summed E-state index contributed by atoms with van der Waals surface area (Å²) in [6, 6.07) is 0. The monoisotopic (exact) mass is 138 g/mol. The van der Waals surface area contributed by atoms with Gasteiger partial charge in [-0.05, 0) is 18.8 Å². The highest BCUT2D eigenvalue weighted by Crippen LogP contribution is 2.37. The largest absolute Gasteiger partial charge is 0.501 e. The molecule has 0 aromatic carbocycles. The topological polar surface area (TPSA) is 9.23 Å². The molecule has 1 rings (SSSR count). The van der Waals surface area contributed by atoms with E-state index in [1.165, 1.54) is 18.4 Å². The van der Waals surface area contributed by atoms with Crippen LogP contribution in [-0.2, 0) is 4.74 Å². The van der Waals surface area contributed by atoms with Gasteiger partial charge in [-0.25, -0.2) is 0 Å². The van der Waals surface area contributed by atoms with Gasteiger partial charge in [-0.15, -0.1) is 0 Å². The lowest BCUT2D eigenvalue weighted by Gasteiger charge is -2.04. The van der Waals surface area contributed by atoms with Crippen molar-refractivity contribution in [2.75, 3.05) is 7.11 Å². The third-order valence-corrected chi connectivity index (χ3v) is 1.87. The van der Waals surface area contributed by atoms with Crippen LogP contribution in [0.2, 0.25) is 0 Å². The molecule has 0 N–H and O–H groups in total. The predicted octanol–water partition coefficient (Wildman–Crippen LogP) is 2.50. The van der Waals surface area contributed by atoms with Gasteiger partial charge in [-0.1, -0.05) is 18.7 Å². The van der Waals surface area contributed by atoms with Gasteiger partial charge in [-0.2, -0.15) is 0 Å². The smallest absolute Gasteiger partial charge is 0.0924 e. The van der Waals surface area contributed by atoms with Gasteiger partial charge in [-0.3, -0.25) is 0 Å². The molecule has 0 aromatic heterocycles. The number of ether oxygens (including phenoxy) is 1. The molecule has 0 radical (unpaired) electrons. The number of rotatable bonds is 4. The standard InChI is InChI=1S/C9H14O/c1-7(9-4-5-9)6-8(2)10-3/h9H,1-2,4-6H2,3H3. The third-order valence-electron chi connectivity index (χ3n) is 1.87. The fourth-order valence-electron chi connectivity index (χ4n) is 0.961. The molecule has 1 saturated carbocycles. The predicted molar refractivity (Wildman–Crippen MR) is 42.6 cm³/mol. The molecule has 0 saturated heterocycles. The second-order valence-electron chi connectivity index (χ2n) is 2.85. The third kappa shape index (κ3) is 1.90. The summed E-state index contributed by atoms with van der Waals surface area (Å²) >= 11 is 0. The van der Waals surface area contributed by atoms with E-state index in [1.807, 2.05) is 0 Å².